The fourth-order valence-corrected chi connectivity index (χ4v) is 9.20. The first-order chi connectivity index (χ1) is 31.7. The average molecular weight is 899 g/mol. The number of allylic oxidation sites excluding steroid dienone is 6. The zero-order valence-corrected chi connectivity index (χ0v) is 43.6. The third-order valence-electron chi connectivity index (χ3n) is 13.7. The number of amides is 1. The summed E-state index contributed by atoms with van der Waals surface area (Å²) in [5.74, 6) is -0.0262. The third-order valence-corrected chi connectivity index (χ3v) is 13.7. The van der Waals surface area contributed by atoms with Gasteiger partial charge in [-0.15, -0.1) is 0 Å². The molecule has 0 saturated heterocycles. The first kappa shape index (κ1) is 62.6. The van der Waals surface area contributed by atoms with Crippen molar-refractivity contribution in [1.82, 2.24) is 5.32 Å². The van der Waals surface area contributed by atoms with Gasteiger partial charge in [-0.2, -0.15) is 0 Å². The second-order valence-electron chi connectivity index (χ2n) is 20.1. The lowest BCUT2D eigenvalue weighted by atomic mass is 10.0. The minimum Gasteiger partial charge on any atom is -0.394 e. The zero-order valence-electron chi connectivity index (χ0n) is 43.6. The molecule has 378 valence electrons. The maximum Gasteiger partial charge on any atom is 0.220 e. The van der Waals surface area contributed by atoms with Crippen LogP contribution in [0.5, 0.6) is 0 Å². The maximum absolute atomic E-state index is 12.5. The van der Waals surface area contributed by atoms with Gasteiger partial charge in [0.2, 0.25) is 5.91 Å². The number of hydrogen-bond acceptors (Lipinski definition) is 3. The Morgan fingerprint density at radius 1 is 0.375 bits per heavy atom. The Morgan fingerprint density at radius 2 is 0.641 bits per heavy atom. The van der Waals surface area contributed by atoms with Gasteiger partial charge >= 0.3 is 0 Å². The van der Waals surface area contributed by atoms with Crippen molar-refractivity contribution >= 4 is 5.91 Å². The molecule has 0 aromatic carbocycles. The number of hydrogen-bond donors (Lipinski definition) is 3. The quantitative estimate of drug-likeness (QED) is 0.0421. The SMILES string of the molecule is CCCCCCC/C=C\C/C=C\C/C=C\CCCCCCCCCCCCCCCCCCCCCCCCCCC(=O)NC(CO)C(O)CCCCCCCCCCCCCCC. The smallest absolute Gasteiger partial charge is 0.220 e. The Morgan fingerprint density at radius 3 is 0.953 bits per heavy atom. The van der Waals surface area contributed by atoms with Crippen molar-refractivity contribution < 1.29 is 15.0 Å². The summed E-state index contributed by atoms with van der Waals surface area (Å²) >= 11 is 0. The zero-order chi connectivity index (χ0) is 46.3. The molecular formula is C60H115NO3. The molecule has 2 unspecified atom stereocenters. The van der Waals surface area contributed by atoms with Gasteiger partial charge in [-0.3, -0.25) is 4.79 Å². The van der Waals surface area contributed by atoms with E-state index in [1.165, 1.54) is 257 Å². The molecule has 1 amide bonds. The minimum atomic E-state index is -0.656. The van der Waals surface area contributed by atoms with Gasteiger partial charge in [0, 0.05) is 6.42 Å². The lowest BCUT2D eigenvalue weighted by Gasteiger charge is -2.22. The highest BCUT2D eigenvalue weighted by Gasteiger charge is 2.20. The van der Waals surface area contributed by atoms with Crippen molar-refractivity contribution in [3.63, 3.8) is 0 Å². The molecule has 0 saturated carbocycles. The molecule has 0 aliphatic carbocycles. The van der Waals surface area contributed by atoms with Crippen LogP contribution < -0.4 is 5.32 Å². The second-order valence-corrected chi connectivity index (χ2v) is 20.1. The summed E-state index contributed by atoms with van der Waals surface area (Å²) < 4.78 is 0. The Hall–Kier alpha value is -1.39. The lowest BCUT2D eigenvalue weighted by molar-refractivity contribution is -0.123. The average Bonchev–Trinajstić information content (AvgIpc) is 3.30. The summed E-state index contributed by atoms with van der Waals surface area (Å²) in [6, 6.07) is -0.533. The van der Waals surface area contributed by atoms with Crippen LogP contribution in [-0.4, -0.2) is 34.9 Å². The molecule has 0 spiro atoms. The molecule has 64 heavy (non-hydrogen) atoms. The Balaban J connectivity index is 3.36. The number of aliphatic hydroxyl groups excluding tert-OH is 2. The molecule has 3 N–H and O–H groups in total. The van der Waals surface area contributed by atoms with Crippen LogP contribution in [0.15, 0.2) is 36.5 Å². The molecule has 0 heterocycles. The molecule has 0 radical (unpaired) electrons. The summed E-state index contributed by atoms with van der Waals surface area (Å²) in [5, 5.41) is 23.2. The minimum absolute atomic E-state index is 0.0262. The number of aliphatic hydroxyl groups is 2. The number of rotatable bonds is 54. The van der Waals surface area contributed by atoms with E-state index in [0.29, 0.717) is 12.8 Å². The van der Waals surface area contributed by atoms with Gasteiger partial charge in [-0.1, -0.05) is 301 Å². The van der Waals surface area contributed by atoms with Crippen molar-refractivity contribution in [3.8, 4) is 0 Å². The van der Waals surface area contributed by atoms with Gasteiger partial charge in [0.15, 0.2) is 0 Å². The molecule has 0 aliphatic rings. The van der Waals surface area contributed by atoms with E-state index in [-0.39, 0.29) is 12.5 Å². The first-order valence-electron chi connectivity index (χ1n) is 29.2. The van der Waals surface area contributed by atoms with E-state index in [1.807, 2.05) is 0 Å². The van der Waals surface area contributed by atoms with Crippen LogP contribution >= 0.6 is 0 Å². The van der Waals surface area contributed by atoms with Gasteiger partial charge in [0.1, 0.15) is 0 Å². The first-order valence-corrected chi connectivity index (χ1v) is 29.2. The maximum atomic E-state index is 12.5. The van der Waals surface area contributed by atoms with E-state index in [9.17, 15) is 15.0 Å². The van der Waals surface area contributed by atoms with Crippen molar-refractivity contribution in [2.45, 2.75) is 334 Å². The van der Waals surface area contributed by atoms with Crippen LogP contribution in [0.4, 0.5) is 0 Å². The topological polar surface area (TPSA) is 69.6 Å². The summed E-state index contributed by atoms with van der Waals surface area (Å²) in [6.45, 7) is 4.36. The van der Waals surface area contributed by atoms with Crippen LogP contribution in [0.25, 0.3) is 0 Å². The molecule has 0 fully saturated rings. The summed E-state index contributed by atoms with van der Waals surface area (Å²) in [6.07, 6.45) is 75.8. The molecule has 0 aliphatic heterocycles. The standard InChI is InChI=1S/C60H115NO3/c1-3-5-7-9-11-13-15-17-18-19-20-21-22-23-24-25-26-27-28-29-30-31-32-33-34-35-36-37-38-39-40-41-42-44-46-48-50-52-54-56-60(64)61-58(57-62)59(63)55-53-51-49-47-45-43-16-14-12-10-8-6-4-2/h15,17,19-20,22-23,58-59,62-63H,3-14,16,18,21,24-57H2,1-2H3,(H,61,64)/b17-15-,20-19-,23-22-. The van der Waals surface area contributed by atoms with Gasteiger partial charge in [0.05, 0.1) is 18.8 Å². The predicted molar refractivity (Wildman–Crippen MR) is 285 cm³/mol. The second kappa shape index (κ2) is 55.9. The molecule has 0 aromatic rings. The van der Waals surface area contributed by atoms with Crippen LogP contribution in [0.2, 0.25) is 0 Å². The third kappa shape index (κ3) is 51.6. The monoisotopic (exact) mass is 898 g/mol. The fraction of sp³-hybridized carbons (Fsp3) is 0.883. The molecule has 4 heteroatoms. The molecule has 2 atom stereocenters. The van der Waals surface area contributed by atoms with E-state index >= 15 is 0 Å². The van der Waals surface area contributed by atoms with Gasteiger partial charge in [0.25, 0.3) is 0 Å². The largest absolute Gasteiger partial charge is 0.394 e. The van der Waals surface area contributed by atoms with Gasteiger partial charge in [-0.05, 0) is 51.4 Å². The number of carbonyl (C=O) groups is 1. The van der Waals surface area contributed by atoms with Crippen LogP contribution in [0.3, 0.4) is 0 Å². The Labute approximate surface area is 402 Å². The Kier molecular flexibility index (Phi) is 54.7. The van der Waals surface area contributed by atoms with E-state index in [0.717, 1.165) is 38.5 Å². The predicted octanol–water partition coefficient (Wildman–Crippen LogP) is 19.3. The molecule has 4 nitrogen and oxygen atoms in total. The lowest BCUT2D eigenvalue weighted by Crippen LogP contribution is -2.45. The van der Waals surface area contributed by atoms with Crippen LogP contribution in [0, 0.1) is 0 Å². The highest BCUT2D eigenvalue weighted by Crippen LogP contribution is 2.18. The summed E-state index contributed by atoms with van der Waals surface area (Å²) in [4.78, 5) is 12.5. The molecule has 0 bridgehead atoms. The van der Waals surface area contributed by atoms with E-state index < -0.39 is 12.1 Å². The normalized spacial score (nSPS) is 13.0. The molecule has 0 aromatic heterocycles. The highest BCUT2D eigenvalue weighted by atomic mass is 16.3. The van der Waals surface area contributed by atoms with Crippen molar-refractivity contribution in [2.24, 2.45) is 0 Å². The van der Waals surface area contributed by atoms with Crippen molar-refractivity contribution in [3.05, 3.63) is 36.5 Å². The van der Waals surface area contributed by atoms with Crippen LogP contribution in [0.1, 0.15) is 322 Å². The van der Waals surface area contributed by atoms with Gasteiger partial charge < -0.3 is 15.5 Å². The molecular weight excluding hydrogens is 783 g/mol. The van der Waals surface area contributed by atoms with Crippen LogP contribution in [-0.2, 0) is 4.79 Å². The van der Waals surface area contributed by atoms with Crippen molar-refractivity contribution in [2.75, 3.05) is 6.61 Å². The molecule has 0 rings (SSSR count). The summed E-state index contributed by atoms with van der Waals surface area (Å²) in [5.41, 5.74) is 0. The van der Waals surface area contributed by atoms with Crippen molar-refractivity contribution in [1.29, 1.82) is 0 Å². The van der Waals surface area contributed by atoms with E-state index in [1.54, 1.807) is 0 Å². The number of carbonyl (C=O) groups excluding carboxylic acids is 1. The summed E-state index contributed by atoms with van der Waals surface area (Å²) in [7, 11) is 0. The fourth-order valence-electron chi connectivity index (χ4n) is 9.20. The number of unbranched alkanes of at least 4 members (excludes halogenated alkanes) is 41. The van der Waals surface area contributed by atoms with Gasteiger partial charge in [-0.25, -0.2) is 0 Å². The van der Waals surface area contributed by atoms with E-state index in [2.05, 4.69) is 55.6 Å². The number of nitrogens with one attached hydrogen (secondary N) is 1. The van der Waals surface area contributed by atoms with E-state index in [4.69, 9.17) is 0 Å². The Bertz CT molecular complexity index is 974. The highest BCUT2D eigenvalue weighted by molar-refractivity contribution is 5.76.